The van der Waals surface area contributed by atoms with Crippen LogP contribution >= 0.6 is 0 Å². The van der Waals surface area contributed by atoms with Gasteiger partial charge in [-0.2, -0.15) is 0 Å². The molecular formula is C25H30N2O6. The zero-order valence-electron chi connectivity index (χ0n) is 19.6. The number of hydrogen-bond acceptors (Lipinski definition) is 7. The second-order valence-electron chi connectivity index (χ2n) is 7.84. The van der Waals surface area contributed by atoms with Gasteiger partial charge in [-0.25, -0.2) is 0 Å². The van der Waals surface area contributed by atoms with Gasteiger partial charge in [-0.05, 0) is 51.4 Å². The fourth-order valence-electron chi connectivity index (χ4n) is 3.90. The first-order valence-electron chi connectivity index (χ1n) is 10.7. The van der Waals surface area contributed by atoms with E-state index in [1.54, 1.807) is 42.5 Å². The first-order valence-corrected chi connectivity index (χ1v) is 10.7. The molecule has 1 atom stereocenters. The lowest BCUT2D eigenvalue weighted by atomic mass is 9.94. The van der Waals surface area contributed by atoms with Crippen LogP contribution in [-0.2, 0) is 9.59 Å². The molecule has 176 valence electrons. The molecule has 1 amide bonds. The van der Waals surface area contributed by atoms with E-state index < -0.39 is 17.7 Å². The molecule has 0 spiro atoms. The molecule has 2 aromatic carbocycles. The summed E-state index contributed by atoms with van der Waals surface area (Å²) >= 11 is 0. The van der Waals surface area contributed by atoms with Gasteiger partial charge in [0.2, 0.25) is 0 Å². The first-order chi connectivity index (χ1) is 15.8. The molecule has 0 aliphatic carbocycles. The molecule has 33 heavy (non-hydrogen) atoms. The SMILES string of the molecule is CCOc1ccc(/C(O)=C2\C(=O)C(=O)N(CCN(C)C)[C@@H]2c2cccc(OC)c2OC)cc1. The molecule has 0 aromatic heterocycles. The summed E-state index contributed by atoms with van der Waals surface area (Å²) in [5.74, 6) is -0.145. The van der Waals surface area contributed by atoms with Gasteiger partial charge in [0.05, 0.1) is 32.4 Å². The third kappa shape index (κ3) is 4.80. The van der Waals surface area contributed by atoms with Crippen LogP contribution < -0.4 is 14.2 Å². The highest BCUT2D eigenvalue weighted by Gasteiger charge is 2.47. The van der Waals surface area contributed by atoms with Gasteiger partial charge in [-0.1, -0.05) is 12.1 Å². The van der Waals surface area contributed by atoms with Crippen molar-refractivity contribution in [2.24, 2.45) is 0 Å². The van der Waals surface area contributed by atoms with Crippen LogP contribution in [0.1, 0.15) is 24.1 Å². The second-order valence-corrected chi connectivity index (χ2v) is 7.84. The standard InChI is InChI=1S/C25H30N2O6/c1-6-33-17-12-10-16(11-13-17)22(28)20-21(18-8-7-9-19(31-4)24(18)32-5)27(15-14-26(2)3)25(30)23(20)29/h7-13,21,28H,6,14-15H2,1-5H3/b22-20+/t21-/m1/s1. The van der Waals surface area contributed by atoms with E-state index in [-0.39, 0.29) is 11.3 Å². The second kappa shape index (κ2) is 10.4. The molecular weight excluding hydrogens is 424 g/mol. The Hall–Kier alpha value is -3.52. The van der Waals surface area contributed by atoms with Crippen LogP contribution in [0.25, 0.3) is 5.76 Å². The van der Waals surface area contributed by atoms with E-state index in [0.29, 0.717) is 48.1 Å². The number of rotatable bonds is 9. The Morgan fingerprint density at radius 3 is 2.33 bits per heavy atom. The minimum Gasteiger partial charge on any atom is -0.507 e. The third-order valence-corrected chi connectivity index (χ3v) is 5.49. The van der Waals surface area contributed by atoms with E-state index in [2.05, 4.69) is 0 Å². The van der Waals surface area contributed by atoms with E-state index in [1.807, 2.05) is 25.9 Å². The van der Waals surface area contributed by atoms with Gasteiger partial charge >= 0.3 is 0 Å². The van der Waals surface area contributed by atoms with Crippen molar-refractivity contribution in [3.63, 3.8) is 0 Å². The largest absolute Gasteiger partial charge is 0.507 e. The van der Waals surface area contributed by atoms with E-state index in [0.717, 1.165) is 0 Å². The highest BCUT2D eigenvalue weighted by atomic mass is 16.5. The summed E-state index contributed by atoms with van der Waals surface area (Å²) in [5, 5.41) is 11.2. The number of amides is 1. The maximum atomic E-state index is 13.2. The summed E-state index contributed by atoms with van der Waals surface area (Å²) in [7, 11) is 6.79. The zero-order chi connectivity index (χ0) is 24.1. The molecule has 1 aliphatic rings. The number of methoxy groups -OCH3 is 2. The number of aliphatic hydroxyl groups is 1. The summed E-state index contributed by atoms with van der Waals surface area (Å²) in [6.45, 7) is 3.23. The van der Waals surface area contributed by atoms with Crippen LogP contribution in [0.5, 0.6) is 17.2 Å². The highest BCUT2D eigenvalue weighted by molar-refractivity contribution is 6.46. The van der Waals surface area contributed by atoms with Crippen LogP contribution in [0.2, 0.25) is 0 Å². The number of hydrogen-bond donors (Lipinski definition) is 1. The van der Waals surface area contributed by atoms with Crippen molar-refractivity contribution in [2.75, 3.05) is 48.0 Å². The highest BCUT2D eigenvalue weighted by Crippen LogP contribution is 2.45. The summed E-state index contributed by atoms with van der Waals surface area (Å²) in [6, 6.07) is 11.2. The van der Waals surface area contributed by atoms with Crippen molar-refractivity contribution >= 4 is 17.4 Å². The van der Waals surface area contributed by atoms with Gasteiger partial charge in [0, 0.05) is 24.2 Å². The lowest BCUT2D eigenvalue weighted by Crippen LogP contribution is -2.35. The predicted octanol–water partition coefficient (Wildman–Crippen LogP) is 3.09. The van der Waals surface area contributed by atoms with Crippen molar-refractivity contribution in [1.29, 1.82) is 0 Å². The fraction of sp³-hybridized carbons (Fsp3) is 0.360. The maximum absolute atomic E-state index is 13.2. The molecule has 1 aliphatic heterocycles. The van der Waals surface area contributed by atoms with Gasteiger partial charge in [0.15, 0.2) is 11.5 Å². The number of ether oxygens (including phenoxy) is 3. The Labute approximate surface area is 194 Å². The van der Waals surface area contributed by atoms with E-state index in [4.69, 9.17) is 14.2 Å². The quantitative estimate of drug-likeness (QED) is 0.354. The van der Waals surface area contributed by atoms with E-state index in [1.165, 1.54) is 19.1 Å². The molecule has 1 saturated heterocycles. The average Bonchev–Trinajstić information content (AvgIpc) is 3.06. The van der Waals surface area contributed by atoms with E-state index in [9.17, 15) is 14.7 Å². The van der Waals surface area contributed by atoms with Crippen LogP contribution in [-0.4, -0.2) is 74.6 Å². The summed E-state index contributed by atoms with van der Waals surface area (Å²) in [5.41, 5.74) is 0.979. The molecule has 0 bridgehead atoms. The van der Waals surface area contributed by atoms with Gasteiger partial charge in [-0.3, -0.25) is 9.59 Å². The Bertz CT molecular complexity index is 1050. The number of Topliss-reactive ketones (excluding diaryl/α,β-unsaturated/α-hetero) is 1. The van der Waals surface area contributed by atoms with Crippen LogP contribution in [0.4, 0.5) is 0 Å². The number of aliphatic hydroxyl groups excluding tert-OH is 1. The molecule has 0 unspecified atom stereocenters. The van der Waals surface area contributed by atoms with Crippen LogP contribution in [0.15, 0.2) is 48.0 Å². The van der Waals surface area contributed by atoms with Gasteiger partial charge in [0.25, 0.3) is 11.7 Å². The average molecular weight is 455 g/mol. The van der Waals surface area contributed by atoms with Crippen molar-refractivity contribution in [3.8, 4) is 17.2 Å². The number of ketones is 1. The molecule has 8 nitrogen and oxygen atoms in total. The Balaban J connectivity index is 2.19. The minimum absolute atomic E-state index is 0.00877. The first kappa shape index (κ1) is 24.1. The molecule has 0 radical (unpaired) electrons. The minimum atomic E-state index is -0.832. The normalized spacial score (nSPS) is 17.5. The molecule has 2 aromatic rings. The van der Waals surface area contributed by atoms with E-state index >= 15 is 0 Å². The summed E-state index contributed by atoms with van der Waals surface area (Å²) in [4.78, 5) is 29.6. The Kier molecular flexibility index (Phi) is 7.60. The van der Waals surface area contributed by atoms with Crippen molar-refractivity contribution in [3.05, 3.63) is 59.2 Å². The fourth-order valence-corrected chi connectivity index (χ4v) is 3.90. The van der Waals surface area contributed by atoms with Crippen molar-refractivity contribution in [2.45, 2.75) is 13.0 Å². The van der Waals surface area contributed by atoms with Gasteiger partial charge < -0.3 is 29.1 Å². The van der Waals surface area contributed by atoms with Crippen LogP contribution in [0, 0.1) is 0 Å². The number of carbonyl (C=O) groups is 2. The number of para-hydroxylation sites is 1. The lowest BCUT2D eigenvalue weighted by molar-refractivity contribution is -0.140. The zero-order valence-corrected chi connectivity index (χ0v) is 19.6. The topological polar surface area (TPSA) is 88.5 Å². The number of carbonyl (C=O) groups excluding carboxylic acids is 2. The number of likely N-dealkylation sites (tertiary alicyclic amines) is 1. The third-order valence-electron chi connectivity index (χ3n) is 5.49. The monoisotopic (exact) mass is 454 g/mol. The summed E-state index contributed by atoms with van der Waals surface area (Å²) in [6.07, 6.45) is 0. The summed E-state index contributed by atoms with van der Waals surface area (Å²) < 4.78 is 16.5. The van der Waals surface area contributed by atoms with Crippen molar-refractivity contribution < 1.29 is 28.9 Å². The molecule has 1 fully saturated rings. The molecule has 0 saturated carbocycles. The molecule has 3 rings (SSSR count). The molecule has 1 N–H and O–H groups in total. The van der Waals surface area contributed by atoms with Gasteiger partial charge in [-0.15, -0.1) is 0 Å². The molecule has 8 heteroatoms. The lowest BCUT2D eigenvalue weighted by Gasteiger charge is -2.28. The number of benzene rings is 2. The van der Waals surface area contributed by atoms with Crippen molar-refractivity contribution in [1.82, 2.24) is 9.80 Å². The van der Waals surface area contributed by atoms with Gasteiger partial charge in [0.1, 0.15) is 11.5 Å². The van der Waals surface area contributed by atoms with Crippen LogP contribution in [0.3, 0.4) is 0 Å². The molecule has 1 heterocycles. The number of likely N-dealkylation sites (N-methyl/N-ethyl adjacent to an activating group) is 1. The number of nitrogens with zero attached hydrogens (tertiary/aromatic N) is 2. The Morgan fingerprint density at radius 2 is 1.76 bits per heavy atom. The predicted molar refractivity (Wildman–Crippen MR) is 125 cm³/mol. The maximum Gasteiger partial charge on any atom is 0.295 e. The Morgan fingerprint density at radius 1 is 1.06 bits per heavy atom. The smallest absolute Gasteiger partial charge is 0.295 e.